The molecule has 134 valence electrons. The molecule has 1 aliphatic carbocycles. The fourth-order valence-corrected chi connectivity index (χ4v) is 3.22. The number of piperazine rings is 1. The second kappa shape index (κ2) is 7.20. The van der Waals surface area contributed by atoms with Crippen LogP contribution in [0.5, 0.6) is 11.5 Å². The van der Waals surface area contributed by atoms with Crippen molar-refractivity contribution in [1.82, 2.24) is 9.80 Å². The molecule has 4 rings (SSSR count). The molecule has 1 aliphatic heterocycles. The zero-order chi connectivity index (χ0) is 17.9. The molecule has 1 heterocycles. The number of carbonyl (C=O) groups is 2. The summed E-state index contributed by atoms with van der Waals surface area (Å²) in [5.41, 5.74) is 0.611. The van der Waals surface area contributed by atoms with Crippen LogP contribution in [0.1, 0.15) is 23.2 Å². The Morgan fingerprint density at radius 1 is 0.808 bits per heavy atom. The van der Waals surface area contributed by atoms with Crippen molar-refractivity contribution in [3.63, 3.8) is 0 Å². The number of nitrogens with zero attached hydrogens (tertiary/aromatic N) is 2. The summed E-state index contributed by atoms with van der Waals surface area (Å²) in [5.74, 6) is 1.87. The van der Waals surface area contributed by atoms with Crippen LogP contribution in [0.3, 0.4) is 0 Å². The predicted octanol–water partition coefficient (Wildman–Crippen LogP) is 3.17. The SMILES string of the molecule is O=C(c1cccc(Oc2ccccc2)c1)N1CCN(C(=O)C2CC2)CC1. The number of carbonyl (C=O) groups excluding carboxylic acids is 2. The Balaban J connectivity index is 1.39. The average Bonchev–Trinajstić information content (AvgIpc) is 3.53. The van der Waals surface area contributed by atoms with Crippen molar-refractivity contribution in [1.29, 1.82) is 0 Å². The molecule has 0 aromatic heterocycles. The second-order valence-corrected chi connectivity index (χ2v) is 6.83. The van der Waals surface area contributed by atoms with Crippen molar-refractivity contribution in [2.24, 2.45) is 5.92 Å². The van der Waals surface area contributed by atoms with Crippen LogP contribution in [-0.2, 0) is 4.79 Å². The molecule has 1 saturated heterocycles. The smallest absolute Gasteiger partial charge is 0.254 e. The fourth-order valence-electron chi connectivity index (χ4n) is 3.22. The number of rotatable bonds is 4. The van der Waals surface area contributed by atoms with Gasteiger partial charge in [0.2, 0.25) is 5.91 Å². The van der Waals surface area contributed by atoms with Crippen LogP contribution in [0.25, 0.3) is 0 Å². The number of hydrogen-bond donors (Lipinski definition) is 0. The van der Waals surface area contributed by atoms with Crippen molar-refractivity contribution in [2.75, 3.05) is 26.2 Å². The first-order valence-electron chi connectivity index (χ1n) is 9.12. The van der Waals surface area contributed by atoms with E-state index >= 15 is 0 Å². The molecule has 0 unspecified atom stereocenters. The maximum absolute atomic E-state index is 12.8. The Labute approximate surface area is 153 Å². The van der Waals surface area contributed by atoms with E-state index in [-0.39, 0.29) is 17.7 Å². The van der Waals surface area contributed by atoms with Gasteiger partial charge in [-0.15, -0.1) is 0 Å². The normalized spacial score (nSPS) is 17.1. The lowest BCUT2D eigenvalue weighted by Crippen LogP contribution is -2.51. The standard InChI is InChI=1S/C21H22N2O3/c24-20(16-9-10-16)22-11-13-23(14-12-22)21(25)17-5-4-8-19(15-17)26-18-6-2-1-3-7-18/h1-8,15-16H,9-14H2. The zero-order valence-corrected chi connectivity index (χ0v) is 14.6. The third-order valence-corrected chi connectivity index (χ3v) is 4.87. The summed E-state index contributed by atoms with van der Waals surface area (Å²) < 4.78 is 5.81. The van der Waals surface area contributed by atoms with Gasteiger partial charge in [-0.2, -0.15) is 0 Å². The van der Waals surface area contributed by atoms with Crippen LogP contribution in [0.15, 0.2) is 54.6 Å². The maximum atomic E-state index is 12.8. The summed E-state index contributed by atoms with van der Waals surface area (Å²) in [6.45, 7) is 2.42. The summed E-state index contributed by atoms with van der Waals surface area (Å²) in [5, 5.41) is 0. The first-order chi connectivity index (χ1) is 12.7. The molecule has 0 N–H and O–H groups in total. The molecule has 5 heteroatoms. The van der Waals surface area contributed by atoms with E-state index in [2.05, 4.69) is 0 Å². The quantitative estimate of drug-likeness (QED) is 0.851. The fraction of sp³-hybridized carbons (Fsp3) is 0.333. The minimum atomic E-state index is -0.0120. The lowest BCUT2D eigenvalue weighted by Gasteiger charge is -2.35. The zero-order valence-electron chi connectivity index (χ0n) is 14.6. The largest absolute Gasteiger partial charge is 0.457 e. The van der Waals surface area contributed by atoms with Gasteiger partial charge < -0.3 is 14.5 Å². The lowest BCUT2D eigenvalue weighted by atomic mass is 10.1. The molecule has 0 radical (unpaired) electrons. The highest BCUT2D eigenvalue weighted by Crippen LogP contribution is 2.31. The topological polar surface area (TPSA) is 49.9 Å². The van der Waals surface area contributed by atoms with Gasteiger partial charge >= 0.3 is 0 Å². The molecule has 2 fully saturated rings. The summed E-state index contributed by atoms with van der Waals surface area (Å²) >= 11 is 0. The third kappa shape index (κ3) is 3.72. The van der Waals surface area contributed by atoms with Crippen molar-refractivity contribution < 1.29 is 14.3 Å². The van der Waals surface area contributed by atoms with E-state index in [0.717, 1.165) is 18.6 Å². The highest BCUT2D eigenvalue weighted by atomic mass is 16.5. The monoisotopic (exact) mass is 350 g/mol. The molecule has 2 aromatic rings. The van der Waals surface area contributed by atoms with Gasteiger partial charge in [0.05, 0.1) is 0 Å². The number of para-hydroxylation sites is 1. The van der Waals surface area contributed by atoms with E-state index in [9.17, 15) is 9.59 Å². The van der Waals surface area contributed by atoms with Crippen LogP contribution in [-0.4, -0.2) is 47.8 Å². The highest BCUT2D eigenvalue weighted by molar-refractivity contribution is 5.94. The molecule has 0 atom stereocenters. The van der Waals surface area contributed by atoms with Gasteiger partial charge in [0, 0.05) is 37.7 Å². The molecular formula is C21H22N2O3. The van der Waals surface area contributed by atoms with Gasteiger partial charge in [-0.05, 0) is 43.2 Å². The Bertz CT molecular complexity index is 794. The van der Waals surface area contributed by atoms with Crippen LogP contribution in [0, 0.1) is 5.92 Å². The number of hydrogen-bond acceptors (Lipinski definition) is 3. The van der Waals surface area contributed by atoms with Crippen LogP contribution < -0.4 is 4.74 Å². The van der Waals surface area contributed by atoms with E-state index in [1.54, 1.807) is 6.07 Å². The van der Waals surface area contributed by atoms with E-state index < -0.39 is 0 Å². The average molecular weight is 350 g/mol. The summed E-state index contributed by atoms with van der Waals surface area (Å²) in [6.07, 6.45) is 2.04. The van der Waals surface area contributed by atoms with Crippen LogP contribution in [0.4, 0.5) is 0 Å². The van der Waals surface area contributed by atoms with Gasteiger partial charge in [-0.3, -0.25) is 9.59 Å². The van der Waals surface area contributed by atoms with Crippen molar-refractivity contribution in [3.8, 4) is 11.5 Å². The summed E-state index contributed by atoms with van der Waals surface area (Å²) in [4.78, 5) is 28.6. The van der Waals surface area contributed by atoms with Gasteiger partial charge in [0.15, 0.2) is 0 Å². The Kier molecular flexibility index (Phi) is 4.61. The molecule has 5 nitrogen and oxygen atoms in total. The molecule has 2 aromatic carbocycles. The lowest BCUT2D eigenvalue weighted by molar-refractivity contribution is -0.134. The van der Waals surface area contributed by atoms with E-state index in [1.807, 2.05) is 58.3 Å². The van der Waals surface area contributed by atoms with E-state index in [4.69, 9.17) is 4.74 Å². The maximum Gasteiger partial charge on any atom is 0.254 e. The van der Waals surface area contributed by atoms with Gasteiger partial charge in [0.25, 0.3) is 5.91 Å². The van der Waals surface area contributed by atoms with Crippen molar-refractivity contribution >= 4 is 11.8 Å². The molecule has 2 amide bonds. The Morgan fingerprint density at radius 3 is 2.15 bits per heavy atom. The first kappa shape index (κ1) is 16.6. The summed E-state index contributed by atoms with van der Waals surface area (Å²) in [7, 11) is 0. The first-order valence-corrected chi connectivity index (χ1v) is 9.12. The van der Waals surface area contributed by atoms with Crippen molar-refractivity contribution in [3.05, 3.63) is 60.2 Å². The third-order valence-electron chi connectivity index (χ3n) is 4.87. The summed E-state index contributed by atoms with van der Waals surface area (Å²) in [6, 6.07) is 16.8. The Morgan fingerprint density at radius 2 is 1.46 bits per heavy atom. The molecular weight excluding hydrogens is 328 g/mol. The molecule has 0 bridgehead atoms. The number of ether oxygens (including phenoxy) is 1. The van der Waals surface area contributed by atoms with Gasteiger partial charge in [-0.25, -0.2) is 0 Å². The second-order valence-electron chi connectivity index (χ2n) is 6.83. The molecule has 0 spiro atoms. The molecule has 1 saturated carbocycles. The van der Waals surface area contributed by atoms with Gasteiger partial charge in [-0.1, -0.05) is 24.3 Å². The van der Waals surface area contributed by atoms with Crippen LogP contribution in [0.2, 0.25) is 0 Å². The van der Waals surface area contributed by atoms with Gasteiger partial charge in [0.1, 0.15) is 11.5 Å². The van der Waals surface area contributed by atoms with Crippen LogP contribution >= 0.6 is 0 Å². The molecule has 26 heavy (non-hydrogen) atoms. The van der Waals surface area contributed by atoms with E-state index in [0.29, 0.717) is 37.5 Å². The highest BCUT2D eigenvalue weighted by Gasteiger charge is 2.35. The van der Waals surface area contributed by atoms with Crippen molar-refractivity contribution in [2.45, 2.75) is 12.8 Å². The minimum absolute atomic E-state index is 0.0120. The minimum Gasteiger partial charge on any atom is -0.457 e. The Hall–Kier alpha value is -2.82. The predicted molar refractivity (Wildman–Crippen MR) is 98.2 cm³/mol. The molecule has 2 aliphatic rings. The van der Waals surface area contributed by atoms with E-state index in [1.165, 1.54) is 0 Å². The number of amides is 2. The number of benzene rings is 2.